The van der Waals surface area contributed by atoms with Crippen LogP contribution in [0, 0.1) is 0 Å². The van der Waals surface area contributed by atoms with Gasteiger partial charge in [-0.1, -0.05) is 0 Å². The molecular weight excluding hydrogens is 196 g/mol. The zero-order valence-electron chi connectivity index (χ0n) is 9.96. The Hall–Kier alpha value is -0.810. The Morgan fingerprint density at radius 3 is 2.33 bits per heavy atom. The van der Waals surface area contributed by atoms with Crippen LogP contribution in [0.5, 0.6) is 0 Å². The lowest BCUT2D eigenvalue weighted by Crippen LogP contribution is -2.44. The quantitative estimate of drug-likeness (QED) is 0.645. The third kappa shape index (κ3) is 8.20. The van der Waals surface area contributed by atoms with E-state index >= 15 is 0 Å². The molecule has 0 heterocycles. The topological polar surface area (TPSA) is 84.6 Å². The summed E-state index contributed by atoms with van der Waals surface area (Å²) in [5, 5.41) is 11.5. The van der Waals surface area contributed by atoms with Crippen LogP contribution in [-0.2, 0) is 4.74 Å². The molecule has 0 saturated carbocycles. The summed E-state index contributed by atoms with van der Waals surface area (Å²) in [6, 6.07) is 0. The van der Waals surface area contributed by atoms with Gasteiger partial charge < -0.3 is 20.9 Å². The van der Waals surface area contributed by atoms with Crippen molar-refractivity contribution >= 4 is 6.09 Å². The third-order valence-corrected chi connectivity index (χ3v) is 1.73. The molecule has 90 valence electrons. The van der Waals surface area contributed by atoms with Crippen molar-refractivity contribution in [3.8, 4) is 0 Å². The first kappa shape index (κ1) is 14.2. The summed E-state index contributed by atoms with van der Waals surface area (Å²) in [4.78, 5) is 11.2. The van der Waals surface area contributed by atoms with Crippen molar-refractivity contribution in [3.63, 3.8) is 0 Å². The molecule has 0 rings (SSSR count). The van der Waals surface area contributed by atoms with E-state index in [1.165, 1.54) is 0 Å². The maximum atomic E-state index is 11.2. The first-order chi connectivity index (χ1) is 6.66. The number of alkyl carbamates (subject to hydrolysis) is 1. The lowest BCUT2D eigenvalue weighted by atomic mass is 10.0. The van der Waals surface area contributed by atoms with Gasteiger partial charge in [0.15, 0.2) is 0 Å². The highest BCUT2D eigenvalue weighted by Crippen LogP contribution is 2.07. The molecule has 0 aliphatic carbocycles. The maximum absolute atomic E-state index is 11.2. The van der Waals surface area contributed by atoms with E-state index in [9.17, 15) is 4.79 Å². The summed E-state index contributed by atoms with van der Waals surface area (Å²) in [6.45, 7) is 7.41. The SMILES string of the molecule is CC(N)(CO)CCNC(=O)OC(C)(C)C. The Bertz CT molecular complexity index is 209. The van der Waals surface area contributed by atoms with E-state index in [-0.39, 0.29) is 6.61 Å². The molecule has 0 fully saturated rings. The molecule has 0 bridgehead atoms. The Balaban J connectivity index is 3.74. The molecule has 0 aromatic rings. The molecule has 0 aromatic heterocycles. The number of hydrogen-bond donors (Lipinski definition) is 3. The van der Waals surface area contributed by atoms with Crippen molar-refractivity contribution in [2.24, 2.45) is 5.73 Å². The number of rotatable bonds is 4. The van der Waals surface area contributed by atoms with Crippen molar-refractivity contribution in [2.75, 3.05) is 13.2 Å². The molecule has 1 amide bonds. The minimum Gasteiger partial charge on any atom is -0.444 e. The number of aliphatic hydroxyl groups is 1. The first-order valence-corrected chi connectivity index (χ1v) is 5.03. The van der Waals surface area contributed by atoms with E-state index in [1.807, 2.05) is 0 Å². The molecule has 1 unspecified atom stereocenters. The smallest absolute Gasteiger partial charge is 0.407 e. The lowest BCUT2D eigenvalue weighted by Gasteiger charge is -2.23. The predicted octanol–water partition coefficient (Wildman–Crippen LogP) is 0.611. The molecule has 0 aliphatic heterocycles. The van der Waals surface area contributed by atoms with E-state index in [0.717, 1.165) is 0 Å². The fourth-order valence-electron chi connectivity index (χ4n) is 0.843. The zero-order valence-corrected chi connectivity index (χ0v) is 9.96. The van der Waals surface area contributed by atoms with Crippen LogP contribution < -0.4 is 11.1 Å². The van der Waals surface area contributed by atoms with Crippen LogP contribution in [0.4, 0.5) is 4.79 Å². The molecule has 4 N–H and O–H groups in total. The van der Waals surface area contributed by atoms with Crippen molar-refractivity contribution in [1.82, 2.24) is 5.32 Å². The fraction of sp³-hybridized carbons (Fsp3) is 0.900. The Morgan fingerprint density at radius 2 is 1.93 bits per heavy atom. The number of nitrogens with two attached hydrogens (primary N) is 1. The largest absolute Gasteiger partial charge is 0.444 e. The van der Waals surface area contributed by atoms with Gasteiger partial charge in [-0.3, -0.25) is 0 Å². The van der Waals surface area contributed by atoms with Crippen LogP contribution in [0.15, 0.2) is 0 Å². The molecule has 5 heteroatoms. The number of carbonyl (C=O) groups excluding carboxylic acids is 1. The summed E-state index contributed by atoms with van der Waals surface area (Å²) in [7, 11) is 0. The third-order valence-electron chi connectivity index (χ3n) is 1.73. The summed E-state index contributed by atoms with van der Waals surface area (Å²) in [5.41, 5.74) is 4.54. The number of carbonyl (C=O) groups is 1. The molecule has 5 nitrogen and oxygen atoms in total. The van der Waals surface area contributed by atoms with Gasteiger partial charge in [0.05, 0.1) is 6.61 Å². The monoisotopic (exact) mass is 218 g/mol. The number of aliphatic hydroxyl groups excluding tert-OH is 1. The molecule has 0 aliphatic rings. The van der Waals surface area contributed by atoms with E-state index < -0.39 is 17.2 Å². The highest BCUT2D eigenvalue weighted by Gasteiger charge is 2.19. The highest BCUT2D eigenvalue weighted by atomic mass is 16.6. The Kier molecular flexibility index (Phi) is 5.03. The molecule has 0 saturated heterocycles. The summed E-state index contributed by atoms with van der Waals surface area (Å²) in [5.74, 6) is 0. The molecule has 0 aromatic carbocycles. The zero-order chi connectivity index (χ0) is 12.1. The highest BCUT2D eigenvalue weighted by molar-refractivity contribution is 5.67. The second kappa shape index (κ2) is 5.32. The number of hydrogen-bond acceptors (Lipinski definition) is 4. The molecular formula is C10H22N2O3. The van der Waals surface area contributed by atoms with Crippen LogP contribution in [0.2, 0.25) is 0 Å². The standard InChI is InChI=1S/C10H22N2O3/c1-9(2,3)15-8(14)12-6-5-10(4,11)7-13/h13H,5-7,11H2,1-4H3,(H,12,14). The van der Waals surface area contributed by atoms with Crippen LogP contribution in [-0.4, -0.2) is 35.5 Å². The Morgan fingerprint density at radius 1 is 1.40 bits per heavy atom. The van der Waals surface area contributed by atoms with Crippen molar-refractivity contribution < 1.29 is 14.6 Å². The lowest BCUT2D eigenvalue weighted by molar-refractivity contribution is 0.0522. The maximum Gasteiger partial charge on any atom is 0.407 e. The summed E-state index contributed by atoms with van der Waals surface area (Å²) < 4.78 is 5.03. The first-order valence-electron chi connectivity index (χ1n) is 5.03. The van der Waals surface area contributed by atoms with Crippen LogP contribution in [0.3, 0.4) is 0 Å². The normalized spacial score (nSPS) is 15.6. The van der Waals surface area contributed by atoms with Gasteiger partial charge in [0, 0.05) is 12.1 Å². The van der Waals surface area contributed by atoms with Gasteiger partial charge in [-0.2, -0.15) is 0 Å². The predicted molar refractivity (Wildman–Crippen MR) is 58.5 cm³/mol. The van der Waals surface area contributed by atoms with Gasteiger partial charge in [0.1, 0.15) is 5.60 Å². The van der Waals surface area contributed by atoms with Crippen LogP contribution in [0.25, 0.3) is 0 Å². The van der Waals surface area contributed by atoms with E-state index in [1.54, 1.807) is 27.7 Å². The summed E-state index contributed by atoms with van der Waals surface area (Å²) in [6.07, 6.45) is 0.0409. The van der Waals surface area contributed by atoms with Gasteiger partial charge in [-0.05, 0) is 34.1 Å². The van der Waals surface area contributed by atoms with Gasteiger partial charge in [0.2, 0.25) is 0 Å². The minimum atomic E-state index is -0.658. The van der Waals surface area contributed by atoms with Crippen molar-refractivity contribution in [3.05, 3.63) is 0 Å². The molecule has 0 spiro atoms. The van der Waals surface area contributed by atoms with E-state index in [0.29, 0.717) is 13.0 Å². The number of ether oxygens (including phenoxy) is 1. The van der Waals surface area contributed by atoms with E-state index in [4.69, 9.17) is 15.6 Å². The van der Waals surface area contributed by atoms with Gasteiger partial charge in [0.25, 0.3) is 0 Å². The second-order valence-electron chi connectivity index (χ2n) is 4.99. The van der Waals surface area contributed by atoms with Gasteiger partial charge >= 0.3 is 6.09 Å². The minimum absolute atomic E-state index is 0.108. The van der Waals surface area contributed by atoms with E-state index in [2.05, 4.69) is 5.32 Å². The number of amides is 1. The molecule has 0 radical (unpaired) electrons. The van der Waals surface area contributed by atoms with Crippen LogP contribution >= 0.6 is 0 Å². The fourth-order valence-corrected chi connectivity index (χ4v) is 0.843. The van der Waals surface area contributed by atoms with Gasteiger partial charge in [-0.25, -0.2) is 4.79 Å². The second-order valence-corrected chi connectivity index (χ2v) is 4.99. The average Bonchev–Trinajstić information content (AvgIpc) is 2.00. The number of nitrogens with one attached hydrogen (secondary N) is 1. The molecule has 1 atom stereocenters. The van der Waals surface area contributed by atoms with Crippen molar-refractivity contribution in [2.45, 2.75) is 45.3 Å². The average molecular weight is 218 g/mol. The van der Waals surface area contributed by atoms with Crippen molar-refractivity contribution in [1.29, 1.82) is 0 Å². The summed E-state index contributed by atoms with van der Waals surface area (Å²) >= 11 is 0. The Labute approximate surface area is 91.0 Å². The van der Waals surface area contributed by atoms with Crippen LogP contribution in [0.1, 0.15) is 34.1 Å². The molecule has 15 heavy (non-hydrogen) atoms. The van der Waals surface area contributed by atoms with Gasteiger partial charge in [-0.15, -0.1) is 0 Å².